The Morgan fingerprint density at radius 2 is 1.91 bits per heavy atom. The Hall–Kier alpha value is -2.53. The lowest BCUT2D eigenvalue weighted by atomic mass is 10.2. The van der Waals surface area contributed by atoms with Gasteiger partial charge in [0.1, 0.15) is 5.75 Å². The summed E-state index contributed by atoms with van der Waals surface area (Å²) in [5, 5.41) is 5.67. The Bertz CT molecular complexity index is 732. The van der Waals surface area contributed by atoms with Gasteiger partial charge in [0.25, 0.3) is 0 Å². The number of benzene rings is 2. The summed E-state index contributed by atoms with van der Waals surface area (Å²) < 4.78 is 5.16. The van der Waals surface area contributed by atoms with Gasteiger partial charge in [0.05, 0.1) is 12.8 Å². The van der Waals surface area contributed by atoms with Crippen molar-refractivity contribution in [1.82, 2.24) is 5.32 Å². The fourth-order valence-corrected chi connectivity index (χ4v) is 2.22. The van der Waals surface area contributed by atoms with E-state index in [1.807, 2.05) is 19.1 Å². The third-order valence-corrected chi connectivity index (χ3v) is 3.39. The maximum atomic E-state index is 12.0. The van der Waals surface area contributed by atoms with Crippen molar-refractivity contribution in [3.05, 3.63) is 58.6 Å². The van der Waals surface area contributed by atoms with E-state index in [1.54, 1.807) is 30.3 Å². The number of ether oxygens (including phenoxy) is 1. The van der Waals surface area contributed by atoms with Crippen LogP contribution in [0.5, 0.6) is 5.75 Å². The monoisotopic (exact) mass is 332 g/mol. The van der Waals surface area contributed by atoms with Gasteiger partial charge in [-0.05, 0) is 42.3 Å². The van der Waals surface area contributed by atoms with E-state index in [0.717, 1.165) is 11.1 Å². The zero-order valence-corrected chi connectivity index (χ0v) is 13.6. The average Bonchev–Trinajstić information content (AvgIpc) is 2.53. The van der Waals surface area contributed by atoms with Crippen molar-refractivity contribution < 1.29 is 14.3 Å². The van der Waals surface area contributed by atoms with Gasteiger partial charge in [0.2, 0.25) is 0 Å². The molecule has 5 nitrogen and oxygen atoms in total. The van der Waals surface area contributed by atoms with Crippen molar-refractivity contribution in [3.8, 4) is 5.75 Å². The van der Waals surface area contributed by atoms with Crippen LogP contribution < -0.4 is 15.4 Å². The molecule has 0 fully saturated rings. The molecule has 2 N–H and O–H groups in total. The van der Waals surface area contributed by atoms with Gasteiger partial charge >= 0.3 is 11.8 Å². The van der Waals surface area contributed by atoms with E-state index in [4.69, 9.17) is 16.3 Å². The van der Waals surface area contributed by atoms with Crippen molar-refractivity contribution in [1.29, 1.82) is 0 Å². The molecule has 0 radical (unpaired) electrons. The molecule has 0 saturated heterocycles. The van der Waals surface area contributed by atoms with E-state index < -0.39 is 11.8 Å². The van der Waals surface area contributed by atoms with Crippen LogP contribution in [0.15, 0.2) is 42.5 Å². The van der Waals surface area contributed by atoms with Crippen LogP contribution in [-0.2, 0) is 16.1 Å². The molecular weight excluding hydrogens is 316 g/mol. The summed E-state index contributed by atoms with van der Waals surface area (Å²) in [5.74, 6) is -0.990. The van der Waals surface area contributed by atoms with E-state index in [-0.39, 0.29) is 6.54 Å². The van der Waals surface area contributed by atoms with Gasteiger partial charge in [-0.2, -0.15) is 0 Å². The minimum absolute atomic E-state index is 0.220. The molecule has 0 heterocycles. The Balaban J connectivity index is 1.98. The van der Waals surface area contributed by atoms with Gasteiger partial charge in [-0.1, -0.05) is 29.8 Å². The molecule has 2 aromatic rings. The second-order valence-corrected chi connectivity index (χ2v) is 5.41. The molecule has 2 rings (SSSR count). The summed E-state index contributed by atoms with van der Waals surface area (Å²) in [6.45, 7) is 2.10. The molecule has 120 valence electrons. The summed E-state index contributed by atoms with van der Waals surface area (Å²) in [6.07, 6.45) is 0. The van der Waals surface area contributed by atoms with Crippen molar-refractivity contribution >= 4 is 29.1 Å². The van der Waals surface area contributed by atoms with E-state index in [0.29, 0.717) is 16.5 Å². The van der Waals surface area contributed by atoms with Crippen LogP contribution in [0, 0.1) is 6.92 Å². The molecule has 0 aromatic heterocycles. The lowest BCUT2D eigenvalue weighted by molar-refractivity contribution is -0.136. The molecular formula is C17H17ClN2O3. The summed E-state index contributed by atoms with van der Waals surface area (Å²) in [5.41, 5.74) is 2.21. The average molecular weight is 333 g/mol. The van der Waals surface area contributed by atoms with E-state index in [2.05, 4.69) is 10.6 Å². The van der Waals surface area contributed by atoms with Gasteiger partial charge in [-0.25, -0.2) is 0 Å². The molecule has 0 aliphatic rings. The van der Waals surface area contributed by atoms with Crippen molar-refractivity contribution in [2.45, 2.75) is 13.5 Å². The lowest BCUT2D eigenvalue weighted by Crippen LogP contribution is -2.35. The van der Waals surface area contributed by atoms with Crippen LogP contribution in [0.25, 0.3) is 0 Å². The lowest BCUT2D eigenvalue weighted by Gasteiger charge is -2.11. The number of hydrogen-bond donors (Lipinski definition) is 2. The van der Waals surface area contributed by atoms with Gasteiger partial charge < -0.3 is 15.4 Å². The molecule has 0 spiro atoms. The first-order valence-corrected chi connectivity index (χ1v) is 7.35. The predicted molar refractivity (Wildman–Crippen MR) is 89.7 cm³/mol. The molecule has 6 heteroatoms. The standard InChI is InChI=1S/C17H17ClN2O3/c1-11-6-7-15(23-2)14(8-11)20-17(22)16(21)19-10-12-4-3-5-13(18)9-12/h3-9H,10H2,1-2H3,(H,19,21)(H,20,22). The zero-order valence-electron chi connectivity index (χ0n) is 12.9. The molecule has 0 atom stereocenters. The van der Waals surface area contributed by atoms with Crippen molar-refractivity contribution in [2.75, 3.05) is 12.4 Å². The number of nitrogens with one attached hydrogen (secondary N) is 2. The third kappa shape index (κ3) is 4.72. The number of rotatable bonds is 4. The SMILES string of the molecule is COc1ccc(C)cc1NC(=O)C(=O)NCc1cccc(Cl)c1. The number of aryl methyl sites for hydroxylation is 1. The minimum atomic E-state index is -0.754. The van der Waals surface area contributed by atoms with E-state index >= 15 is 0 Å². The Kier molecular flexibility index (Phi) is 5.60. The maximum Gasteiger partial charge on any atom is 0.313 e. The van der Waals surface area contributed by atoms with Crippen molar-refractivity contribution in [3.63, 3.8) is 0 Å². The largest absolute Gasteiger partial charge is 0.495 e. The smallest absolute Gasteiger partial charge is 0.313 e. The van der Waals surface area contributed by atoms with Gasteiger partial charge in [-0.15, -0.1) is 0 Å². The Labute approximate surface area is 139 Å². The highest BCUT2D eigenvalue weighted by Gasteiger charge is 2.15. The number of methoxy groups -OCH3 is 1. The first-order chi connectivity index (χ1) is 11.0. The number of hydrogen-bond acceptors (Lipinski definition) is 3. The van der Waals surface area contributed by atoms with Crippen molar-refractivity contribution in [2.24, 2.45) is 0 Å². The summed E-state index contributed by atoms with van der Waals surface area (Å²) >= 11 is 5.87. The van der Waals surface area contributed by atoms with E-state index in [1.165, 1.54) is 7.11 Å². The maximum absolute atomic E-state index is 12.0. The third-order valence-electron chi connectivity index (χ3n) is 3.15. The Morgan fingerprint density at radius 3 is 2.61 bits per heavy atom. The van der Waals surface area contributed by atoms with Crippen LogP contribution in [0.4, 0.5) is 5.69 Å². The molecule has 0 saturated carbocycles. The van der Waals surface area contributed by atoms with E-state index in [9.17, 15) is 9.59 Å². The van der Waals surface area contributed by atoms with Gasteiger partial charge in [0.15, 0.2) is 0 Å². The van der Waals surface area contributed by atoms with Crippen LogP contribution in [-0.4, -0.2) is 18.9 Å². The van der Waals surface area contributed by atoms with Crippen LogP contribution in [0.3, 0.4) is 0 Å². The molecule has 0 aliphatic heterocycles. The number of amides is 2. The second kappa shape index (κ2) is 7.65. The highest BCUT2D eigenvalue weighted by Crippen LogP contribution is 2.25. The molecule has 0 unspecified atom stereocenters. The van der Waals surface area contributed by atoms with Crippen LogP contribution >= 0.6 is 11.6 Å². The number of halogens is 1. The first-order valence-electron chi connectivity index (χ1n) is 6.98. The number of anilines is 1. The molecule has 0 bridgehead atoms. The van der Waals surface area contributed by atoms with Gasteiger partial charge in [-0.3, -0.25) is 9.59 Å². The topological polar surface area (TPSA) is 67.4 Å². The highest BCUT2D eigenvalue weighted by atomic mass is 35.5. The second-order valence-electron chi connectivity index (χ2n) is 4.97. The molecule has 2 amide bonds. The molecule has 2 aromatic carbocycles. The highest BCUT2D eigenvalue weighted by molar-refractivity contribution is 6.39. The fourth-order valence-electron chi connectivity index (χ4n) is 2.01. The van der Waals surface area contributed by atoms with Gasteiger partial charge in [0, 0.05) is 11.6 Å². The predicted octanol–water partition coefficient (Wildman–Crippen LogP) is 2.91. The fraction of sp³-hybridized carbons (Fsp3) is 0.176. The quantitative estimate of drug-likeness (QED) is 0.846. The number of carbonyl (C=O) groups excluding carboxylic acids is 2. The summed E-state index contributed by atoms with van der Waals surface area (Å²) in [7, 11) is 1.50. The molecule has 0 aliphatic carbocycles. The van der Waals surface area contributed by atoms with Crippen LogP contribution in [0.1, 0.15) is 11.1 Å². The summed E-state index contributed by atoms with van der Waals surface area (Å²) in [4.78, 5) is 23.9. The number of carbonyl (C=O) groups is 2. The first kappa shape index (κ1) is 16.8. The normalized spacial score (nSPS) is 10.0. The summed E-state index contributed by atoms with van der Waals surface area (Å²) in [6, 6.07) is 12.4. The molecule has 23 heavy (non-hydrogen) atoms. The minimum Gasteiger partial charge on any atom is -0.495 e. The zero-order chi connectivity index (χ0) is 16.8. The Morgan fingerprint density at radius 1 is 1.13 bits per heavy atom. The van der Waals surface area contributed by atoms with Crippen LogP contribution in [0.2, 0.25) is 5.02 Å².